The van der Waals surface area contributed by atoms with E-state index in [2.05, 4.69) is 5.43 Å². The van der Waals surface area contributed by atoms with Crippen LogP contribution in [0.1, 0.15) is 18.9 Å². The van der Waals surface area contributed by atoms with E-state index in [-0.39, 0.29) is 5.75 Å². The lowest BCUT2D eigenvalue weighted by molar-refractivity contribution is 0.412. The highest BCUT2D eigenvalue weighted by molar-refractivity contribution is 5.91. The topological polar surface area (TPSA) is 50.5 Å². The normalized spacial score (nSPS) is 13.2. The molecule has 2 aromatic carbocycles. The number of hydrogen-bond donors (Lipinski definition) is 2. The van der Waals surface area contributed by atoms with Crippen LogP contribution in [0.3, 0.4) is 0 Å². The van der Waals surface area contributed by atoms with Gasteiger partial charge in [0.15, 0.2) is 0 Å². The van der Waals surface area contributed by atoms with Crippen molar-refractivity contribution in [1.82, 2.24) is 5.43 Å². The molecule has 0 spiro atoms. The molecule has 0 bridgehead atoms. The summed E-state index contributed by atoms with van der Waals surface area (Å²) in [6, 6.07) is 7.07. The number of anilines is 1. The number of nitrogens with zero attached hydrogens (tertiary/aromatic N) is 1. The molecule has 0 aromatic heterocycles. The van der Waals surface area contributed by atoms with Gasteiger partial charge in [-0.25, -0.2) is 8.78 Å². The molecule has 126 valence electrons. The van der Waals surface area contributed by atoms with Gasteiger partial charge in [0.1, 0.15) is 17.4 Å². The summed E-state index contributed by atoms with van der Waals surface area (Å²) in [4.78, 5) is 0. The summed E-state index contributed by atoms with van der Waals surface area (Å²) < 4.78 is 33.5. The first-order valence-corrected chi connectivity index (χ1v) is 7.73. The fourth-order valence-corrected chi connectivity index (χ4v) is 2.90. The number of hydrazine groups is 1. The Bertz CT molecular complexity index is 805. The van der Waals surface area contributed by atoms with E-state index in [1.54, 1.807) is 12.3 Å². The van der Waals surface area contributed by atoms with Crippen LogP contribution in [0.25, 0.3) is 16.8 Å². The van der Waals surface area contributed by atoms with E-state index in [4.69, 9.17) is 10.5 Å². The number of hydrogen-bond acceptors (Lipinski definition) is 4. The van der Waals surface area contributed by atoms with Gasteiger partial charge >= 0.3 is 0 Å². The summed E-state index contributed by atoms with van der Waals surface area (Å²) in [5.74, 6) is -0.591. The van der Waals surface area contributed by atoms with E-state index < -0.39 is 11.6 Å². The number of halogens is 2. The van der Waals surface area contributed by atoms with Crippen molar-refractivity contribution in [3.63, 3.8) is 0 Å². The Balaban J connectivity index is 2.29. The Kier molecular flexibility index (Phi) is 4.29. The maximum absolute atomic E-state index is 14.8. The molecule has 6 heteroatoms. The van der Waals surface area contributed by atoms with Crippen molar-refractivity contribution in [3.8, 4) is 16.9 Å². The Hall–Kier alpha value is -2.76. The smallest absolute Gasteiger partial charge is 0.133 e. The van der Waals surface area contributed by atoms with Crippen molar-refractivity contribution in [1.29, 1.82) is 0 Å². The minimum atomic E-state index is -0.441. The molecule has 0 amide bonds. The first-order chi connectivity index (χ1) is 11.6. The van der Waals surface area contributed by atoms with Gasteiger partial charge in [-0.3, -0.25) is 5.01 Å². The molecule has 3 rings (SSSR count). The summed E-state index contributed by atoms with van der Waals surface area (Å²) in [6.45, 7) is 2.69. The average Bonchev–Trinajstić information content (AvgIpc) is 2.58. The number of ether oxygens (including phenoxy) is 1. The zero-order valence-electron chi connectivity index (χ0n) is 13.6. The summed E-state index contributed by atoms with van der Waals surface area (Å²) in [6.07, 6.45) is 2.54. The predicted octanol–water partition coefficient (Wildman–Crippen LogP) is 3.63. The third-order valence-corrected chi connectivity index (χ3v) is 3.96. The molecule has 1 aliphatic heterocycles. The number of rotatable bonds is 4. The highest BCUT2D eigenvalue weighted by Crippen LogP contribution is 2.42. The lowest BCUT2D eigenvalue weighted by atomic mass is 9.96. The van der Waals surface area contributed by atoms with Gasteiger partial charge in [-0.2, -0.15) is 0 Å². The van der Waals surface area contributed by atoms with E-state index in [0.717, 1.165) is 12.0 Å². The molecule has 0 aliphatic carbocycles. The van der Waals surface area contributed by atoms with Gasteiger partial charge in [0.05, 0.1) is 18.5 Å². The van der Waals surface area contributed by atoms with Crippen LogP contribution in [0, 0.1) is 11.6 Å². The van der Waals surface area contributed by atoms with Gasteiger partial charge in [-0.05, 0) is 30.7 Å². The van der Waals surface area contributed by atoms with Crippen LogP contribution in [0.15, 0.2) is 36.5 Å². The van der Waals surface area contributed by atoms with Crippen LogP contribution in [0.2, 0.25) is 0 Å². The Labute approximate surface area is 139 Å². The lowest BCUT2D eigenvalue weighted by Crippen LogP contribution is -2.39. The Morgan fingerprint density at radius 1 is 1.17 bits per heavy atom. The number of methoxy groups -OCH3 is 1. The quantitative estimate of drug-likeness (QED) is 0.898. The van der Waals surface area contributed by atoms with Crippen LogP contribution >= 0.6 is 0 Å². The second-order valence-electron chi connectivity index (χ2n) is 5.54. The largest absolute Gasteiger partial charge is 0.496 e. The number of fused-ring (bicyclic) bond motifs is 1. The third-order valence-electron chi connectivity index (χ3n) is 3.96. The summed E-state index contributed by atoms with van der Waals surface area (Å²) in [5, 5.41) is 1.84. The molecule has 1 aliphatic rings. The zero-order chi connectivity index (χ0) is 17.3. The van der Waals surface area contributed by atoms with Gasteiger partial charge in [0.25, 0.3) is 0 Å². The van der Waals surface area contributed by atoms with Crippen LogP contribution in [0.5, 0.6) is 5.75 Å². The molecule has 0 fully saturated rings. The molecule has 0 saturated heterocycles. The highest BCUT2D eigenvalue weighted by atomic mass is 19.1. The highest BCUT2D eigenvalue weighted by Gasteiger charge is 2.25. The molecule has 1 heterocycles. The van der Waals surface area contributed by atoms with Gasteiger partial charge in [0, 0.05) is 35.5 Å². The summed E-state index contributed by atoms with van der Waals surface area (Å²) >= 11 is 0. The van der Waals surface area contributed by atoms with Crippen molar-refractivity contribution < 1.29 is 13.5 Å². The third kappa shape index (κ3) is 2.64. The van der Waals surface area contributed by atoms with E-state index >= 15 is 0 Å². The fraction of sp³-hybridized carbons (Fsp3) is 0.222. The first kappa shape index (κ1) is 16.1. The standard InChI is InChI=1S/C18H19F2N3O/c1-3-8-23-18-12(15(21)10-22-23)6-7-14(20)17(18)13-5-4-11(19)9-16(13)24-2/h4-7,9-10,22H,3,8,21H2,1-2H3. The molecular formula is C18H19F2N3O. The molecule has 24 heavy (non-hydrogen) atoms. The van der Waals surface area contributed by atoms with Gasteiger partial charge in [-0.15, -0.1) is 0 Å². The number of benzene rings is 2. The van der Waals surface area contributed by atoms with Crippen LogP contribution in [0.4, 0.5) is 14.5 Å². The monoisotopic (exact) mass is 331 g/mol. The summed E-state index contributed by atoms with van der Waals surface area (Å²) in [7, 11) is 1.43. The van der Waals surface area contributed by atoms with E-state index in [1.165, 1.54) is 31.4 Å². The minimum absolute atomic E-state index is 0.270. The van der Waals surface area contributed by atoms with Gasteiger partial charge in [-0.1, -0.05) is 6.92 Å². The molecule has 0 radical (unpaired) electrons. The van der Waals surface area contributed by atoms with Crippen molar-refractivity contribution in [3.05, 3.63) is 53.7 Å². The molecule has 0 atom stereocenters. The lowest BCUT2D eigenvalue weighted by Gasteiger charge is -2.33. The van der Waals surface area contributed by atoms with Crippen LogP contribution < -0.4 is 20.9 Å². The average molecular weight is 331 g/mol. The number of nitrogens with two attached hydrogens (primary N) is 1. The van der Waals surface area contributed by atoms with Crippen LogP contribution in [-0.4, -0.2) is 13.7 Å². The maximum atomic E-state index is 14.8. The van der Waals surface area contributed by atoms with E-state index in [1.807, 2.05) is 11.9 Å². The van der Waals surface area contributed by atoms with Crippen LogP contribution in [-0.2, 0) is 0 Å². The van der Waals surface area contributed by atoms with Crippen molar-refractivity contribution in [2.24, 2.45) is 5.73 Å². The van der Waals surface area contributed by atoms with Gasteiger partial charge in [0.2, 0.25) is 0 Å². The van der Waals surface area contributed by atoms with Crippen molar-refractivity contribution >= 4 is 11.4 Å². The molecule has 3 N–H and O–H groups in total. The fourth-order valence-electron chi connectivity index (χ4n) is 2.90. The van der Waals surface area contributed by atoms with Crippen molar-refractivity contribution in [2.45, 2.75) is 13.3 Å². The Morgan fingerprint density at radius 2 is 1.92 bits per heavy atom. The molecule has 4 nitrogen and oxygen atoms in total. The second-order valence-corrected chi connectivity index (χ2v) is 5.54. The van der Waals surface area contributed by atoms with Crippen molar-refractivity contribution in [2.75, 3.05) is 18.7 Å². The minimum Gasteiger partial charge on any atom is -0.496 e. The predicted molar refractivity (Wildman–Crippen MR) is 91.3 cm³/mol. The molecule has 0 unspecified atom stereocenters. The number of nitrogens with one attached hydrogen (secondary N) is 1. The second kappa shape index (κ2) is 6.39. The maximum Gasteiger partial charge on any atom is 0.133 e. The summed E-state index contributed by atoms with van der Waals surface area (Å²) in [5.41, 5.74) is 11.8. The zero-order valence-corrected chi connectivity index (χ0v) is 13.6. The van der Waals surface area contributed by atoms with E-state index in [0.29, 0.717) is 29.1 Å². The molecule has 2 aromatic rings. The van der Waals surface area contributed by atoms with E-state index in [9.17, 15) is 8.78 Å². The Morgan fingerprint density at radius 3 is 2.62 bits per heavy atom. The van der Waals surface area contributed by atoms with Gasteiger partial charge < -0.3 is 15.9 Å². The molecular weight excluding hydrogens is 312 g/mol. The SMILES string of the molecule is CCCN1NC=C(N)c2ccc(F)c(-c3ccc(F)cc3OC)c21. The molecule has 0 saturated carbocycles. The first-order valence-electron chi connectivity index (χ1n) is 7.73.